The van der Waals surface area contributed by atoms with Crippen LogP contribution in [0, 0.1) is 0 Å². The highest BCUT2D eigenvalue weighted by Crippen LogP contribution is 2.31. The maximum atomic E-state index is 12.8. The normalized spacial score (nSPS) is 20.7. The Bertz CT molecular complexity index is 895. The summed E-state index contributed by atoms with van der Waals surface area (Å²) in [7, 11) is 0. The number of H-pyrrole nitrogens is 1. The fourth-order valence-corrected chi connectivity index (χ4v) is 3.28. The second kappa shape index (κ2) is 5.70. The van der Waals surface area contributed by atoms with Crippen LogP contribution in [0.1, 0.15) is 42.5 Å². The Hall–Kier alpha value is -2.67. The molecule has 0 spiro atoms. The first-order valence-electron chi connectivity index (χ1n) is 8.48. The summed E-state index contributed by atoms with van der Waals surface area (Å²) in [5.74, 6) is -0.108. The smallest absolute Gasteiger partial charge is 0.270 e. The number of carbonyl (C=O) groups excluding carboxylic acids is 1. The van der Waals surface area contributed by atoms with Crippen LogP contribution in [0.15, 0.2) is 36.5 Å². The molecule has 1 aromatic carbocycles. The topological polar surface area (TPSA) is 87.0 Å². The summed E-state index contributed by atoms with van der Waals surface area (Å²) in [4.78, 5) is 17.6. The SMILES string of the molecule is CC(C)n1cc(C2(O)CCN(C(=O)c3cc4ccccc4[nH]3)C2)nn1. The quantitative estimate of drug-likeness (QED) is 0.765. The summed E-state index contributed by atoms with van der Waals surface area (Å²) in [6, 6.07) is 9.81. The molecule has 0 radical (unpaired) electrons. The summed E-state index contributed by atoms with van der Waals surface area (Å²) < 4.78 is 1.72. The van der Waals surface area contributed by atoms with E-state index < -0.39 is 5.60 Å². The number of aromatic nitrogens is 4. The molecule has 7 heteroatoms. The van der Waals surface area contributed by atoms with Gasteiger partial charge in [0.05, 0.1) is 12.7 Å². The molecule has 1 fully saturated rings. The Kier molecular flexibility index (Phi) is 3.61. The van der Waals surface area contributed by atoms with Crippen LogP contribution >= 0.6 is 0 Å². The highest BCUT2D eigenvalue weighted by molar-refractivity contribution is 5.98. The molecular formula is C18H21N5O2. The van der Waals surface area contributed by atoms with Crippen LogP contribution in [0.3, 0.4) is 0 Å². The maximum Gasteiger partial charge on any atom is 0.270 e. The van der Waals surface area contributed by atoms with Crippen molar-refractivity contribution in [2.75, 3.05) is 13.1 Å². The fraction of sp³-hybridized carbons (Fsp3) is 0.389. The zero-order valence-electron chi connectivity index (χ0n) is 14.3. The van der Waals surface area contributed by atoms with Gasteiger partial charge in [-0.15, -0.1) is 5.10 Å². The van der Waals surface area contributed by atoms with Crippen molar-refractivity contribution in [3.05, 3.63) is 47.9 Å². The number of nitrogens with zero attached hydrogens (tertiary/aromatic N) is 4. The minimum absolute atomic E-state index is 0.108. The van der Waals surface area contributed by atoms with Crippen LogP contribution in [0.2, 0.25) is 0 Å². The average molecular weight is 339 g/mol. The number of likely N-dealkylation sites (tertiary alicyclic amines) is 1. The highest BCUT2D eigenvalue weighted by Gasteiger charge is 2.42. The lowest BCUT2D eigenvalue weighted by Crippen LogP contribution is -2.34. The average Bonchev–Trinajstić information content (AvgIpc) is 3.32. The number of para-hydroxylation sites is 1. The van der Waals surface area contributed by atoms with Crippen LogP contribution < -0.4 is 0 Å². The Morgan fingerprint density at radius 2 is 2.16 bits per heavy atom. The lowest BCUT2D eigenvalue weighted by Gasteiger charge is -2.20. The van der Waals surface area contributed by atoms with Gasteiger partial charge in [-0.2, -0.15) is 0 Å². The number of β-amino-alcohol motifs (C(OH)–C–C–N with tert-alkyl or cyclic N) is 1. The number of carbonyl (C=O) groups is 1. The van der Waals surface area contributed by atoms with E-state index in [0.717, 1.165) is 10.9 Å². The van der Waals surface area contributed by atoms with E-state index in [4.69, 9.17) is 0 Å². The van der Waals surface area contributed by atoms with E-state index in [1.165, 1.54) is 0 Å². The van der Waals surface area contributed by atoms with Gasteiger partial charge in [-0.05, 0) is 26.0 Å². The van der Waals surface area contributed by atoms with E-state index in [0.29, 0.717) is 24.4 Å². The number of aromatic amines is 1. The Labute approximate surface area is 145 Å². The molecule has 1 saturated heterocycles. The molecule has 1 unspecified atom stereocenters. The number of benzene rings is 1. The van der Waals surface area contributed by atoms with Gasteiger partial charge in [0.25, 0.3) is 5.91 Å². The van der Waals surface area contributed by atoms with Crippen LogP contribution in [0.5, 0.6) is 0 Å². The van der Waals surface area contributed by atoms with Crippen molar-refractivity contribution in [1.29, 1.82) is 0 Å². The van der Waals surface area contributed by atoms with E-state index in [1.807, 2.05) is 44.2 Å². The predicted molar refractivity (Wildman–Crippen MR) is 93.1 cm³/mol. The zero-order valence-corrected chi connectivity index (χ0v) is 14.3. The van der Waals surface area contributed by atoms with E-state index in [-0.39, 0.29) is 18.5 Å². The van der Waals surface area contributed by atoms with E-state index >= 15 is 0 Å². The number of aliphatic hydroxyl groups is 1. The van der Waals surface area contributed by atoms with Crippen molar-refractivity contribution >= 4 is 16.8 Å². The van der Waals surface area contributed by atoms with Crippen molar-refractivity contribution in [2.45, 2.75) is 31.9 Å². The molecule has 2 N–H and O–H groups in total. The number of amides is 1. The lowest BCUT2D eigenvalue weighted by molar-refractivity contribution is 0.0380. The predicted octanol–water partition coefficient (Wildman–Crippen LogP) is 2.07. The molecule has 2 aromatic heterocycles. The maximum absolute atomic E-state index is 12.8. The first-order valence-corrected chi connectivity index (χ1v) is 8.48. The molecule has 4 rings (SSSR count). The zero-order chi connectivity index (χ0) is 17.6. The van der Waals surface area contributed by atoms with Gasteiger partial charge in [0.15, 0.2) is 0 Å². The van der Waals surface area contributed by atoms with Gasteiger partial charge < -0.3 is 15.0 Å². The third-order valence-corrected chi connectivity index (χ3v) is 4.81. The summed E-state index contributed by atoms with van der Waals surface area (Å²) in [6.45, 7) is 4.71. The lowest BCUT2D eigenvalue weighted by atomic mass is 10.00. The second-order valence-corrected chi connectivity index (χ2v) is 6.96. The first-order chi connectivity index (χ1) is 12.0. The van der Waals surface area contributed by atoms with Gasteiger partial charge in [-0.1, -0.05) is 23.4 Å². The highest BCUT2D eigenvalue weighted by atomic mass is 16.3. The van der Waals surface area contributed by atoms with Crippen molar-refractivity contribution in [2.24, 2.45) is 0 Å². The monoisotopic (exact) mass is 339 g/mol. The number of fused-ring (bicyclic) bond motifs is 1. The Morgan fingerprint density at radius 1 is 1.36 bits per heavy atom. The minimum atomic E-state index is -1.14. The van der Waals surface area contributed by atoms with E-state index in [9.17, 15) is 9.90 Å². The van der Waals surface area contributed by atoms with E-state index in [1.54, 1.807) is 15.8 Å². The van der Waals surface area contributed by atoms with Crippen molar-refractivity contribution in [1.82, 2.24) is 24.9 Å². The number of hydrogen-bond donors (Lipinski definition) is 2. The molecule has 25 heavy (non-hydrogen) atoms. The standard InChI is InChI=1S/C18H21N5O2/c1-12(2)23-10-16(20-21-23)18(25)7-8-22(11-18)17(24)15-9-13-5-3-4-6-14(13)19-15/h3-6,9-10,12,19,25H,7-8,11H2,1-2H3. The van der Waals surface area contributed by atoms with Gasteiger partial charge >= 0.3 is 0 Å². The van der Waals surface area contributed by atoms with Gasteiger partial charge in [-0.25, -0.2) is 4.68 Å². The van der Waals surface area contributed by atoms with Crippen molar-refractivity contribution in [3.8, 4) is 0 Å². The van der Waals surface area contributed by atoms with Crippen molar-refractivity contribution < 1.29 is 9.90 Å². The molecule has 1 aliphatic rings. The number of nitrogens with one attached hydrogen (secondary N) is 1. The third-order valence-electron chi connectivity index (χ3n) is 4.81. The molecule has 7 nitrogen and oxygen atoms in total. The Balaban J connectivity index is 1.55. The van der Waals surface area contributed by atoms with Gasteiger partial charge in [0.2, 0.25) is 0 Å². The summed E-state index contributed by atoms with van der Waals surface area (Å²) in [5.41, 5.74) is 0.846. The van der Waals surface area contributed by atoms with Crippen LogP contribution in [0.4, 0.5) is 0 Å². The van der Waals surface area contributed by atoms with Crippen LogP contribution in [0.25, 0.3) is 10.9 Å². The molecule has 130 valence electrons. The molecule has 0 bridgehead atoms. The largest absolute Gasteiger partial charge is 0.381 e. The summed E-state index contributed by atoms with van der Waals surface area (Å²) in [5, 5.41) is 20.1. The van der Waals surface area contributed by atoms with Crippen molar-refractivity contribution in [3.63, 3.8) is 0 Å². The summed E-state index contributed by atoms with van der Waals surface area (Å²) in [6.07, 6.45) is 2.22. The molecule has 3 aromatic rings. The second-order valence-electron chi connectivity index (χ2n) is 6.96. The molecule has 1 atom stereocenters. The Morgan fingerprint density at radius 3 is 2.88 bits per heavy atom. The molecule has 3 heterocycles. The summed E-state index contributed by atoms with van der Waals surface area (Å²) >= 11 is 0. The number of hydrogen-bond acceptors (Lipinski definition) is 4. The molecule has 1 aliphatic heterocycles. The third kappa shape index (κ3) is 2.70. The molecule has 0 saturated carbocycles. The molecule has 0 aliphatic carbocycles. The van der Waals surface area contributed by atoms with Gasteiger partial charge in [0.1, 0.15) is 17.0 Å². The van der Waals surface area contributed by atoms with Gasteiger partial charge in [-0.3, -0.25) is 4.79 Å². The minimum Gasteiger partial charge on any atom is -0.381 e. The molecule has 1 amide bonds. The fourth-order valence-electron chi connectivity index (χ4n) is 3.28. The van der Waals surface area contributed by atoms with Crippen LogP contribution in [-0.4, -0.2) is 49.0 Å². The van der Waals surface area contributed by atoms with Crippen LogP contribution in [-0.2, 0) is 5.60 Å². The van der Waals surface area contributed by atoms with E-state index in [2.05, 4.69) is 15.3 Å². The van der Waals surface area contributed by atoms with Gasteiger partial charge in [0, 0.05) is 29.9 Å². The molecular weight excluding hydrogens is 318 g/mol. The first kappa shape index (κ1) is 15.8. The number of rotatable bonds is 3.